The number of methoxy groups -OCH3 is 2. The number of nitrogens with zero attached hydrogens (tertiary/aromatic N) is 2. The molecule has 0 fully saturated rings. The summed E-state index contributed by atoms with van der Waals surface area (Å²) >= 11 is 0.918. The number of aryl methyl sites for hydroxylation is 1. The highest BCUT2D eigenvalue weighted by Crippen LogP contribution is 2.46. The second kappa shape index (κ2) is 13.0. The predicted molar refractivity (Wildman–Crippen MR) is 168 cm³/mol. The molecule has 1 atom stereocenters. The van der Waals surface area contributed by atoms with Gasteiger partial charge in [-0.2, -0.15) is 0 Å². The first kappa shape index (κ1) is 31.6. The normalized spacial score (nSPS) is 14.9. The number of ether oxygens (including phenoxy) is 4. The first-order valence-corrected chi connectivity index (χ1v) is 15.2. The zero-order chi connectivity index (χ0) is 32.4. The van der Waals surface area contributed by atoms with Crippen molar-refractivity contribution in [3.8, 4) is 17.2 Å². The lowest BCUT2D eigenvalue weighted by molar-refractivity contribution is -0.117. The van der Waals surface area contributed by atoms with Crippen molar-refractivity contribution in [1.82, 2.24) is 4.98 Å². The molecule has 4 aromatic rings. The van der Waals surface area contributed by atoms with Crippen molar-refractivity contribution in [1.29, 1.82) is 0 Å². The summed E-state index contributed by atoms with van der Waals surface area (Å²) in [6.45, 7) is 8.45. The number of rotatable bonds is 12. The van der Waals surface area contributed by atoms with Gasteiger partial charge in [0.2, 0.25) is 5.78 Å². The molecule has 0 radical (unpaired) electrons. The van der Waals surface area contributed by atoms with E-state index in [1.807, 2.05) is 6.92 Å². The van der Waals surface area contributed by atoms with Crippen LogP contribution in [0.15, 0.2) is 58.2 Å². The van der Waals surface area contributed by atoms with E-state index in [1.165, 1.54) is 25.2 Å². The number of aliphatic hydroxyl groups is 1. The Balaban J connectivity index is 1.65. The molecular formula is C33H34N2O9S. The molecule has 0 bridgehead atoms. The summed E-state index contributed by atoms with van der Waals surface area (Å²) in [6.07, 6.45) is 0.835. The zero-order valence-electron chi connectivity index (χ0n) is 25.8. The number of Topliss-reactive ketones (excluding diaryl/α,β-unsaturated/α-hetero) is 1. The van der Waals surface area contributed by atoms with Gasteiger partial charge in [-0.1, -0.05) is 43.4 Å². The van der Waals surface area contributed by atoms with Crippen molar-refractivity contribution in [2.75, 3.05) is 32.3 Å². The van der Waals surface area contributed by atoms with Gasteiger partial charge in [-0.25, -0.2) is 9.78 Å². The second-order valence-electron chi connectivity index (χ2n) is 10.7. The van der Waals surface area contributed by atoms with Crippen LogP contribution in [-0.2, 0) is 9.53 Å². The summed E-state index contributed by atoms with van der Waals surface area (Å²) < 4.78 is 28.1. The van der Waals surface area contributed by atoms with Gasteiger partial charge < -0.3 is 28.5 Å². The van der Waals surface area contributed by atoms with Gasteiger partial charge >= 0.3 is 5.97 Å². The Morgan fingerprint density at radius 1 is 1.09 bits per heavy atom. The largest absolute Gasteiger partial charge is 0.503 e. The molecule has 1 N–H and O–H groups in total. The molecule has 0 aliphatic carbocycles. The summed E-state index contributed by atoms with van der Waals surface area (Å²) in [7, 11) is 2.74. The number of aliphatic hydroxyl groups excluding tert-OH is 1. The number of furan rings is 1. The number of hydrogen-bond donors (Lipinski definition) is 1. The number of amides is 1. The van der Waals surface area contributed by atoms with Gasteiger partial charge in [-0.05, 0) is 56.0 Å². The number of benzene rings is 2. The zero-order valence-corrected chi connectivity index (χ0v) is 26.6. The highest BCUT2D eigenvalue weighted by Gasteiger charge is 2.47. The lowest BCUT2D eigenvalue weighted by Gasteiger charge is -2.25. The molecule has 5 rings (SSSR count). The Kier molecular flexibility index (Phi) is 9.14. The average Bonchev–Trinajstić information content (AvgIpc) is 3.70. The number of aromatic nitrogens is 1. The molecule has 1 amide bonds. The molecular weight excluding hydrogens is 600 g/mol. The van der Waals surface area contributed by atoms with E-state index in [0.29, 0.717) is 58.6 Å². The highest BCUT2D eigenvalue weighted by atomic mass is 32.1. The average molecular weight is 635 g/mol. The van der Waals surface area contributed by atoms with E-state index in [9.17, 15) is 19.5 Å². The monoisotopic (exact) mass is 634 g/mol. The molecule has 2 aromatic carbocycles. The van der Waals surface area contributed by atoms with E-state index >= 15 is 0 Å². The lowest BCUT2D eigenvalue weighted by atomic mass is 9.95. The standard InChI is InChI=1S/C33H34N2O9S/c1-7-42-23-15-19(11-12-21(23)43-14-13-17(2)3)26-25(27(36)24-16-20-9-8-10-22(40-5)29(20)44-24)28(37)31(38)35(26)33-34-18(4)30(45-33)32(39)41-6/h8-12,15-17,26,37H,7,13-14H2,1-6H3. The fraction of sp³-hybridized carbons (Fsp3) is 0.333. The number of fused-ring (bicyclic) bond motifs is 1. The number of para-hydroxylation sites is 1. The molecule has 236 valence electrons. The van der Waals surface area contributed by atoms with Crippen LogP contribution < -0.4 is 19.1 Å². The van der Waals surface area contributed by atoms with Gasteiger partial charge in [0.25, 0.3) is 5.91 Å². The molecule has 1 unspecified atom stereocenters. The third-order valence-electron chi connectivity index (χ3n) is 7.30. The lowest BCUT2D eigenvalue weighted by Crippen LogP contribution is -2.31. The summed E-state index contributed by atoms with van der Waals surface area (Å²) in [5.74, 6) is -1.28. The number of carbonyl (C=O) groups is 3. The molecule has 0 spiro atoms. The maximum Gasteiger partial charge on any atom is 0.350 e. The third kappa shape index (κ3) is 5.97. The summed E-state index contributed by atoms with van der Waals surface area (Å²) in [6, 6.07) is 10.7. The highest BCUT2D eigenvalue weighted by molar-refractivity contribution is 7.17. The van der Waals surface area contributed by atoms with Crippen LogP contribution in [0.4, 0.5) is 5.13 Å². The van der Waals surface area contributed by atoms with Crippen molar-refractivity contribution in [3.63, 3.8) is 0 Å². The number of ketones is 1. The number of esters is 1. The van der Waals surface area contributed by atoms with Crippen molar-refractivity contribution < 1.29 is 42.9 Å². The SMILES string of the molecule is CCOc1cc(C2C(C(=O)c3cc4cccc(OC)c4o3)=C(O)C(=O)N2c2nc(C)c(C(=O)OC)s2)ccc1OCCC(C)C. The van der Waals surface area contributed by atoms with Crippen LogP contribution in [0.2, 0.25) is 0 Å². The third-order valence-corrected chi connectivity index (χ3v) is 8.44. The first-order chi connectivity index (χ1) is 21.6. The fourth-order valence-corrected chi connectivity index (χ4v) is 6.06. The van der Waals surface area contributed by atoms with E-state index in [4.69, 9.17) is 23.4 Å². The van der Waals surface area contributed by atoms with E-state index in [2.05, 4.69) is 18.8 Å². The van der Waals surface area contributed by atoms with Crippen LogP contribution >= 0.6 is 11.3 Å². The molecule has 12 heteroatoms. The van der Waals surface area contributed by atoms with E-state index in [-0.39, 0.29) is 21.3 Å². The van der Waals surface area contributed by atoms with Crippen LogP contribution in [0.25, 0.3) is 11.0 Å². The van der Waals surface area contributed by atoms with Crippen molar-refractivity contribution in [3.05, 3.63) is 75.7 Å². The van der Waals surface area contributed by atoms with Gasteiger partial charge in [0, 0.05) is 5.39 Å². The minimum absolute atomic E-state index is 0.0961. The van der Waals surface area contributed by atoms with Crippen molar-refractivity contribution in [2.45, 2.75) is 40.2 Å². The molecule has 3 heterocycles. The van der Waals surface area contributed by atoms with Crippen molar-refractivity contribution in [2.24, 2.45) is 5.92 Å². The number of anilines is 1. The number of carbonyl (C=O) groups excluding carboxylic acids is 3. The molecule has 1 aliphatic heterocycles. The molecule has 1 aliphatic rings. The van der Waals surface area contributed by atoms with Crippen LogP contribution in [0.1, 0.15) is 64.7 Å². The van der Waals surface area contributed by atoms with Crippen LogP contribution in [-0.4, -0.2) is 55.2 Å². The fourth-order valence-electron chi connectivity index (χ4n) is 5.05. The Morgan fingerprint density at radius 2 is 1.87 bits per heavy atom. The maximum absolute atomic E-state index is 14.2. The van der Waals surface area contributed by atoms with Crippen molar-refractivity contribution >= 4 is 45.1 Å². The minimum atomic E-state index is -1.15. The van der Waals surface area contributed by atoms with Gasteiger partial charge in [0.15, 0.2) is 39.5 Å². The Bertz CT molecular complexity index is 1800. The Labute approximate surface area is 264 Å². The molecule has 11 nitrogen and oxygen atoms in total. The number of thiazole rings is 1. The summed E-state index contributed by atoms with van der Waals surface area (Å²) in [5.41, 5.74) is 0.903. The van der Waals surface area contributed by atoms with Gasteiger partial charge in [-0.3, -0.25) is 14.5 Å². The maximum atomic E-state index is 14.2. The van der Waals surface area contributed by atoms with Gasteiger partial charge in [0.1, 0.15) is 4.88 Å². The smallest absolute Gasteiger partial charge is 0.350 e. The second-order valence-corrected chi connectivity index (χ2v) is 11.7. The quantitative estimate of drug-likeness (QED) is 0.134. The minimum Gasteiger partial charge on any atom is -0.503 e. The summed E-state index contributed by atoms with van der Waals surface area (Å²) in [4.78, 5) is 46.2. The van der Waals surface area contributed by atoms with E-state index in [1.54, 1.807) is 43.3 Å². The molecule has 0 saturated heterocycles. The van der Waals surface area contributed by atoms with Crippen LogP contribution in [0.3, 0.4) is 0 Å². The molecule has 45 heavy (non-hydrogen) atoms. The predicted octanol–water partition coefficient (Wildman–Crippen LogP) is 6.60. The molecule has 2 aromatic heterocycles. The Morgan fingerprint density at radius 3 is 2.56 bits per heavy atom. The van der Waals surface area contributed by atoms with Crippen LogP contribution in [0, 0.1) is 12.8 Å². The number of hydrogen-bond acceptors (Lipinski definition) is 11. The first-order valence-electron chi connectivity index (χ1n) is 14.4. The van der Waals surface area contributed by atoms with E-state index < -0.39 is 29.5 Å². The van der Waals surface area contributed by atoms with E-state index in [0.717, 1.165) is 17.8 Å². The summed E-state index contributed by atoms with van der Waals surface area (Å²) in [5, 5.41) is 12.0. The molecule has 0 saturated carbocycles. The van der Waals surface area contributed by atoms with Gasteiger partial charge in [0.05, 0.1) is 44.7 Å². The van der Waals surface area contributed by atoms with Crippen LogP contribution in [0.5, 0.6) is 17.2 Å². The Hall–Kier alpha value is -4.84. The topological polar surface area (TPSA) is 138 Å². The van der Waals surface area contributed by atoms with Gasteiger partial charge in [-0.15, -0.1) is 0 Å².